The van der Waals surface area contributed by atoms with Crippen LogP contribution in [0.5, 0.6) is 0 Å². The molecule has 1 fully saturated rings. The van der Waals surface area contributed by atoms with Gasteiger partial charge in [-0.1, -0.05) is 11.8 Å². The van der Waals surface area contributed by atoms with Crippen molar-refractivity contribution >= 4 is 23.3 Å². The zero-order valence-corrected chi connectivity index (χ0v) is 9.07. The van der Waals surface area contributed by atoms with Crippen LogP contribution in [0, 0.1) is 6.92 Å². The summed E-state index contributed by atoms with van der Waals surface area (Å²) >= 11 is 3.10. The van der Waals surface area contributed by atoms with Crippen molar-refractivity contribution in [3.05, 3.63) is 5.82 Å². The molecule has 0 unspecified atom stereocenters. The molecule has 13 heavy (non-hydrogen) atoms. The molecule has 0 saturated heterocycles. The minimum Gasteiger partial charge on any atom is -0.392 e. The first-order chi connectivity index (χ1) is 6.25. The van der Waals surface area contributed by atoms with Crippen molar-refractivity contribution in [1.82, 2.24) is 9.36 Å². The quantitative estimate of drug-likeness (QED) is 0.819. The molecule has 0 amide bonds. The summed E-state index contributed by atoms with van der Waals surface area (Å²) in [6, 6.07) is 0. The van der Waals surface area contributed by atoms with Crippen molar-refractivity contribution in [3.8, 4) is 0 Å². The fraction of sp³-hybridized carbons (Fsp3) is 0.750. The Bertz CT molecular complexity index is 289. The van der Waals surface area contributed by atoms with Gasteiger partial charge in [0.15, 0.2) is 4.34 Å². The number of nitrogens with zero attached hydrogens (tertiary/aromatic N) is 2. The van der Waals surface area contributed by atoms with Crippen LogP contribution in [-0.4, -0.2) is 25.8 Å². The molecular formula is C8H12N2OS2. The lowest BCUT2D eigenvalue weighted by molar-refractivity contribution is 0.188. The first-order valence-electron chi connectivity index (χ1n) is 4.41. The maximum atomic E-state index is 9.59. The molecule has 0 spiro atoms. The largest absolute Gasteiger partial charge is 0.392 e. The highest BCUT2D eigenvalue weighted by atomic mass is 32.2. The number of rotatable bonds is 2. The molecule has 3 nitrogen and oxygen atoms in total. The predicted octanol–water partition coefficient (Wildman–Crippen LogP) is 1.85. The second kappa shape index (κ2) is 3.94. The first kappa shape index (κ1) is 9.43. The van der Waals surface area contributed by atoms with Crippen molar-refractivity contribution < 1.29 is 5.11 Å². The molecule has 72 valence electrons. The molecule has 1 aromatic rings. The number of aliphatic hydroxyl groups is 1. The van der Waals surface area contributed by atoms with E-state index in [0.717, 1.165) is 29.4 Å². The molecule has 5 heteroatoms. The molecule has 0 aliphatic heterocycles. The molecule has 1 N–H and O–H groups in total. The van der Waals surface area contributed by atoms with Crippen molar-refractivity contribution in [1.29, 1.82) is 0 Å². The Labute approximate surface area is 85.8 Å². The van der Waals surface area contributed by atoms with E-state index < -0.39 is 0 Å². The molecule has 0 radical (unpaired) electrons. The average Bonchev–Trinajstić information content (AvgIpc) is 2.64. The molecule has 1 heterocycles. The fourth-order valence-corrected chi connectivity index (χ4v) is 3.60. The van der Waals surface area contributed by atoms with Crippen LogP contribution in [0.4, 0.5) is 0 Å². The summed E-state index contributed by atoms with van der Waals surface area (Å²) in [7, 11) is 0. The summed E-state index contributed by atoms with van der Waals surface area (Å²) in [4.78, 5) is 4.27. The van der Waals surface area contributed by atoms with Crippen LogP contribution in [0.15, 0.2) is 4.34 Å². The van der Waals surface area contributed by atoms with Gasteiger partial charge in [0.2, 0.25) is 0 Å². The van der Waals surface area contributed by atoms with Gasteiger partial charge in [0.05, 0.1) is 6.10 Å². The monoisotopic (exact) mass is 216 g/mol. The zero-order chi connectivity index (χ0) is 9.26. The third-order valence-electron chi connectivity index (χ3n) is 2.18. The van der Waals surface area contributed by atoms with Gasteiger partial charge in [0.1, 0.15) is 5.82 Å². The van der Waals surface area contributed by atoms with E-state index in [4.69, 9.17) is 0 Å². The van der Waals surface area contributed by atoms with Crippen LogP contribution >= 0.6 is 23.3 Å². The van der Waals surface area contributed by atoms with Gasteiger partial charge >= 0.3 is 0 Å². The minimum atomic E-state index is -0.144. The van der Waals surface area contributed by atoms with Gasteiger partial charge in [-0.25, -0.2) is 4.98 Å². The van der Waals surface area contributed by atoms with Gasteiger partial charge in [-0.3, -0.25) is 0 Å². The van der Waals surface area contributed by atoms with E-state index in [1.54, 1.807) is 11.8 Å². The second-order valence-corrected chi connectivity index (χ2v) is 5.50. The van der Waals surface area contributed by atoms with E-state index in [2.05, 4.69) is 9.36 Å². The molecule has 2 atom stereocenters. The molecule has 2 rings (SSSR count). The summed E-state index contributed by atoms with van der Waals surface area (Å²) in [5.74, 6) is 0.833. The molecule has 1 aromatic heterocycles. The molecule has 1 aliphatic rings. The number of aryl methyl sites for hydroxylation is 1. The Kier molecular flexibility index (Phi) is 2.86. The highest BCUT2D eigenvalue weighted by Crippen LogP contribution is 2.35. The lowest BCUT2D eigenvalue weighted by Crippen LogP contribution is -2.14. The van der Waals surface area contributed by atoms with E-state index in [9.17, 15) is 5.11 Å². The Morgan fingerprint density at radius 3 is 2.92 bits per heavy atom. The van der Waals surface area contributed by atoms with E-state index in [0.29, 0.717) is 5.25 Å². The highest BCUT2D eigenvalue weighted by Gasteiger charge is 2.26. The average molecular weight is 216 g/mol. The summed E-state index contributed by atoms with van der Waals surface area (Å²) in [5.41, 5.74) is 0. The highest BCUT2D eigenvalue weighted by molar-refractivity contribution is 8.01. The van der Waals surface area contributed by atoms with Gasteiger partial charge in [-0.05, 0) is 37.7 Å². The second-order valence-electron chi connectivity index (χ2n) is 3.26. The van der Waals surface area contributed by atoms with Crippen molar-refractivity contribution in [2.75, 3.05) is 0 Å². The van der Waals surface area contributed by atoms with Gasteiger partial charge in [0, 0.05) is 5.25 Å². The van der Waals surface area contributed by atoms with E-state index in [-0.39, 0.29) is 6.10 Å². The molecule has 1 saturated carbocycles. The van der Waals surface area contributed by atoms with Crippen molar-refractivity contribution in [2.45, 2.75) is 41.9 Å². The summed E-state index contributed by atoms with van der Waals surface area (Å²) in [6.07, 6.45) is 3.03. The smallest absolute Gasteiger partial charge is 0.170 e. The molecule has 1 aliphatic carbocycles. The fourth-order valence-electron chi connectivity index (χ4n) is 1.50. The van der Waals surface area contributed by atoms with Gasteiger partial charge in [0.25, 0.3) is 0 Å². The predicted molar refractivity (Wildman–Crippen MR) is 54.1 cm³/mol. The van der Waals surface area contributed by atoms with Gasteiger partial charge in [-0.15, -0.1) is 0 Å². The Morgan fingerprint density at radius 1 is 1.54 bits per heavy atom. The Hall–Kier alpha value is -0.130. The van der Waals surface area contributed by atoms with E-state index in [1.165, 1.54) is 11.5 Å². The number of aliphatic hydroxyl groups excluding tert-OH is 1. The van der Waals surface area contributed by atoms with Crippen LogP contribution in [0.25, 0.3) is 0 Å². The topological polar surface area (TPSA) is 46.0 Å². The maximum Gasteiger partial charge on any atom is 0.170 e. The van der Waals surface area contributed by atoms with E-state index >= 15 is 0 Å². The van der Waals surface area contributed by atoms with Crippen LogP contribution < -0.4 is 0 Å². The number of thioether (sulfide) groups is 1. The van der Waals surface area contributed by atoms with Crippen LogP contribution in [0.1, 0.15) is 25.1 Å². The molecule has 0 bridgehead atoms. The van der Waals surface area contributed by atoms with Crippen LogP contribution in [0.2, 0.25) is 0 Å². The summed E-state index contributed by atoms with van der Waals surface area (Å²) in [5, 5.41) is 9.93. The summed E-state index contributed by atoms with van der Waals surface area (Å²) < 4.78 is 5.10. The number of hydrogen-bond donors (Lipinski definition) is 1. The normalized spacial score (nSPS) is 28.2. The third-order valence-corrected chi connectivity index (χ3v) is 4.44. The Balaban J connectivity index is 1.97. The third kappa shape index (κ3) is 2.21. The summed E-state index contributed by atoms with van der Waals surface area (Å²) in [6.45, 7) is 1.89. The lowest BCUT2D eigenvalue weighted by atomic mass is 10.3. The zero-order valence-electron chi connectivity index (χ0n) is 7.43. The van der Waals surface area contributed by atoms with Gasteiger partial charge in [-0.2, -0.15) is 4.37 Å². The first-order valence-corrected chi connectivity index (χ1v) is 6.06. The standard InChI is InChI=1S/C8H12N2OS2/c1-5-9-8(13-10-5)12-7-4-2-3-6(7)11/h6-7,11H,2-4H2,1H3/t6-,7-/m0/s1. The lowest BCUT2D eigenvalue weighted by Gasteiger charge is -2.10. The van der Waals surface area contributed by atoms with Crippen LogP contribution in [0.3, 0.4) is 0 Å². The maximum absolute atomic E-state index is 9.59. The van der Waals surface area contributed by atoms with Gasteiger partial charge < -0.3 is 5.11 Å². The van der Waals surface area contributed by atoms with Crippen LogP contribution in [-0.2, 0) is 0 Å². The van der Waals surface area contributed by atoms with Crippen molar-refractivity contribution in [2.24, 2.45) is 0 Å². The van der Waals surface area contributed by atoms with E-state index in [1.807, 2.05) is 6.92 Å². The number of aromatic nitrogens is 2. The minimum absolute atomic E-state index is 0.144. The molecule has 0 aromatic carbocycles. The number of hydrogen-bond acceptors (Lipinski definition) is 5. The Morgan fingerprint density at radius 2 is 2.38 bits per heavy atom. The molecular weight excluding hydrogens is 204 g/mol. The SMILES string of the molecule is Cc1nsc(S[C@H]2CCC[C@@H]2O)n1. The van der Waals surface area contributed by atoms with Crippen molar-refractivity contribution in [3.63, 3.8) is 0 Å².